The third-order valence-electron chi connectivity index (χ3n) is 4.97. The summed E-state index contributed by atoms with van der Waals surface area (Å²) in [6, 6.07) is 13.6. The highest BCUT2D eigenvalue weighted by Gasteiger charge is 2.27. The van der Waals surface area contributed by atoms with Crippen molar-refractivity contribution in [1.29, 1.82) is 0 Å². The molecule has 1 saturated heterocycles. The number of ether oxygens (including phenoxy) is 2. The van der Waals surface area contributed by atoms with Gasteiger partial charge in [-0.15, -0.1) is 0 Å². The maximum atomic E-state index is 12.8. The van der Waals surface area contributed by atoms with Crippen molar-refractivity contribution in [2.45, 2.75) is 13.0 Å². The molecule has 7 nitrogen and oxygen atoms in total. The Morgan fingerprint density at radius 3 is 2.71 bits per heavy atom. The van der Waals surface area contributed by atoms with E-state index in [9.17, 15) is 9.59 Å². The minimum Gasteiger partial charge on any atom is -0.497 e. The lowest BCUT2D eigenvalue weighted by molar-refractivity contribution is -0.0229. The van der Waals surface area contributed by atoms with Crippen molar-refractivity contribution in [2.24, 2.45) is 0 Å². The second kappa shape index (κ2) is 7.44. The maximum Gasteiger partial charge on any atom is 0.272 e. The lowest BCUT2D eigenvalue weighted by Gasteiger charge is -2.33. The Morgan fingerprint density at radius 2 is 1.96 bits per heavy atom. The van der Waals surface area contributed by atoms with E-state index < -0.39 is 0 Å². The number of aromatic amines is 1. The van der Waals surface area contributed by atoms with Crippen LogP contribution in [0.15, 0.2) is 42.5 Å². The van der Waals surface area contributed by atoms with Gasteiger partial charge in [0.15, 0.2) is 5.78 Å². The fourth-order valence-corrected chi connectivity index (χ4v) is 3.39. The summed E-state index contributed by atoms with van der Waals surface area (Å²) in [7, 11) is 1.65. The van der Waals surface area contributed by atoms with Crippen molar-refractivity contribution in [1.82, 2.24) is 15.1 Å². The van der Waals surface area contributed by atoms with Gasteiger partial charge in [0.25, 0.3) is 5.91 Å². The van der Waals surface area contributed by atoms with Gasteiger partial charge in [-0.2, -0.15) is 5.10 Å². The van der Waals surface area contributed by atoms with Crippen LogP contribution in [-0.2, 0) is 4.74 Å². The minimum absolute atomic E-state index is 0.178. The number of carbonyl (C=O) groups is 2. The predicted octanol–water partition coefficient (Wildman–Crippen LogP) is 2.99. The summed E-state index contributed by atoms with van der Waals surface area (Å²) in [4.78, 5) is 25.9. The third-order valence-corrected chi connectivity index (χ3v) is 4.97. The predicted molar refractivity (Wildman–Crippen MR) is 104 cm³/mol. The Kier molecular flexibility index (Phi) is 4.83. The summed E-state index contributed by atoms with van der Waals surface area (Å²) in [5.74, 6) is 0.456. The molecule has 144 valence electrons. The highest BCUT2D eigenvalue weighted by molar-refractivity contribution is 5.97. The monoisotopic (exact) mass is 379 g/mol. The number of fused-ring (bicyclic) bond motifs is 1. The number of morpholine rings is 1. The molecule has 0 spiro atoms. The maximum absolute atomic E-state index is 12.8. The highest BCUT2D eigenvalue weighted by atomic mass is 16.5. The van der Waals surface area contributed by atoms with Gasteiger partial charge in [0.2, 0.25) is 0 Å². The van der Waals surface area contributed by atoms with Gasteiger partial charge in [-0.25, -0.2) is 0 Å². The Bertz CT molecular complexity index is 1040. The van der Waals surface area contributed by atoms with Crippen molar-refractivity contribution in [2.75, 3.05) is 26.8 Å². The summed E-state index contributed by atoms with van der Waals surface area (Å²) in [6.07, 6.45) is -0.209. The van der Waals surface area contributed by atoms with Gasteiger partial charge < -0.3 is 14.4 Å². The smallest absolute Gasteiger partial charge is 0.272 e. The molecular formula is C21H21N3O4. The molecule has 2 heterocycles. The van der Waals surface area contributed by atoms with Gasteiger partial charge in [-0.3, -0.25) is 14.7 Å². The molecule has 1 aromatic heterocycles. The van der Waals surface area contributed by atoms with Gasteiger partial charge in [0.1, 0.15) is 23.2 Å². The van der Waals surface area contributed by atoms with E-state index in [0.29, 0.717) is 25.4 Å². The largest absolute Gasteiger partial charge is 0.497 e. The first-order valence-electron chi connectivity index (χ1n) is 9.10. The Labute approximate surface area is 162 Å². The zero-order valence-electron chi connectivity index (χ0n) is 15.8. The van der Waals surface area contributed by atoms with E-state index in [2.05, 4.69) is 16.3 Å². The Hall–Kier alpha value is -3.19. The lowest BCUT2D eigenvalue weighted by atomic mass is 10.0. The van der Waals surface area contributed by atoms with Crippen LogP contribution < -0.4 is 4.74 Å². The van der Waals surface area contributed by atoms with E-state index in [4.69, 9.17) is 9.47 Å². The normalized spacial score (nSPS) is 16.9. The number of rotatable bonds is 4. The highest BCUT2D eigenvalue weighted by Crippen LogP contribution is 2.28. The summed E-state index contributed by atoms with van der Waals surface area (Å²) in [6.45, 7) is 2.80. The Morgan fingerprint density at radius 1 is 1.18 bits per heavy atom. The average molecular weight is 379 g/mol. The molecule has 0 radical (unpaired) electrons. The minimum atomic E-state index is -0.209. The number of aromatic nitrogens is 2. The van der Waals surface area contributed by atoms with Crippen molar-refractivity contribution < 1.29 is 19.1 Å². The van der Waals surface area contributed by atoms with Crippen molar-refractivity contribution in [3.8, 4) is 5.75 Å². The molecule has 0 bridgehead atoms. The molecule has 0 saturated carbocycles. The molecule has 1 atom stereocenters. The molecule has 7 heteroatoms. The van der Waals surface area contributed by atoms with E-state index in [0.717, 1.165) is 22.1 Å². The molecular weight excluding hydrogens is 358 g/mol. The van der Waals surface area contributed by atoms with Crippen LogP contribution in [-0.4, -0.2) is 53.6 Å². The molecule has 1 amide bonds. The first-order valence-corrected chi connectivity index (χ1v) is 9.10. The SMILES string of the molecule is COc1ccc2cc(C3CN(C(=O)c4cc(C(C)=O)n[nH]4)CCO3)ccc2c1. The van der Waals surface area contributed by atoms with Crippen LogP contribution in [0.5, 0.6) is 5.75 Å². The Balaban J connectivity index is 1.53. The standard InChI is InChI=1S/C21H21N3O4/c1-13(25)18-11-19(23-22-18)21(26)24-7-8-28-20(12-24)16-4-3-15-10-17(27-2)6-5-14(15)9-16/h3-6,9-11,20H,7-8,12H2,1-2H3,(H,22,23). The van der Waals surface area contributed by atoms with E-state index in [1.165, 1.54) is 13.0 Å². The number of carbonyl (C=O) groups excluding carboxylic acids is 2. The van der Waals surface area contributed by atoms with E-state index in [1.807, 2.05) is 30.3 Å². The topological polar surface area (TPSA) is 84.5 Å². The fourth-order valence-electron chi connectivity index (χ4n) is 3.39. The van der Waals surface area contributed by atoms with Gasteiger partial charge in [-0.1, -0.05) is 18.2 Å². The van der Waals surface area contributed by atoms with Crippen LogP contribution in [0.2, 0.25) is 0 Å². The summed E-state index contributed by atoms with van der Waals surface area (Å²) < 4.78 is 11.2. The van der Waals surface area contributed by atoms with E-state index in [-0.39, 0.29) is 23.5 Å². The number of hydrogen-bond acceptors (Lipinski definition) is 5. The van der Waals surface area contributed by atoms with Crippen molar-refractivity contribution >= 4 is 22.5 Å². The third kappa shape index (κ3) is 3.48. The quantitative estimate of drug-likeness (QED) is 0.705. The number of nitrogens with zero attached hydrogens (tertiary/aromatic N) is 2. The van der Waals surface area contributed by atoms with Crippen LogP contribution in [0.3, 0.4) is 0 Å². The summed E-state index contributed by atoms with van der Waals surface area (Å²) in [5.41, 5.74) is 1.60. The number of nitrogens with one attached hydrogen (secondary N) is 1. The molecule has 1 fully saturated rings. The molecule has 4 rings (SSSR count). The van der Waals surface area contributed by atoms with E-state index in [1.54, 1.807) is 12.0 Å². The first kappa shape index (κ1) is 18.2. The molecule has 2 aromatic carbocycles. The number of Topliss-reactive ketones (excluding diaryl/α,β-unsaturated/α-hetero) is 1. The van der Waals surface area contributed by atoms with Crippen LogP contribution in [0.4, 0.5) is 0 Å². The lowest BCUT2D eigenvalue weighted by Crippen LogP contribution is -2.42. The average Bonchev–Trinajstić information content (AvgIpc) is 3.23. The van der Waals surface area contributed by atoms with Crippen molar-refractivity contribution in [3.63, 3.8) is 0 Å². The van der Waals surface area contributed by atoms with Crippen LogP contribution in [0, 0.1) is 0 Å². The first-order chi connectivity index (χ1) is 13.5. The number of benzene rings is 2. The summed E-state index contributed by atoms with van der Waals surface area (Å²) in [5, 5.41) is 8.72. The molecule has 1 unspecified atom stereocenters. The van der Waals surface area contributed by atoms with Gasteiger partial charge >= 0.3 is 0 Å². The number of hydrogen-bond donors (Lipinski definition) is 1. The molecule has 1 N–H and O–H groups in total. The zero-order chi connectivity index (χ0) is 19.7. The molecule has 1 aliphatic heterocycles. The van der Waals surface area contributed by atoms with Crippen LogP contribution >= 0.6 is 0 Å². The van der Waals surface area contributed by atoms with Crippen molar-refractivity contribution in [3.05, 3.63) is 59.4 Å². The zero-order valence-corrected chi connectivity index (χ0v) is 15.8. The van der Waals surface area contributed by atoms with Gasteiger partial charge in [-0.05, 0) is 40.6 Å². The molecule has 1 aliphatic rings. The molecule has 3 aromatic rings. The second-order valence-electron chi connectivity index (χ2n) is 6.81. The summed E-state index contributed by atoms with van der Waals surface area (Å²) >= 11 is 0. The molecule has 28 heavy (non-hydrogen) atoms. The van der Waals surface area contributed by atoms with Gasteiger partial charge in [0, 0.05) is 13.5 Å². The van der Waals surface area contributed by atoms with Crippen LogP contribution in [0.1, 0.15) is 39.6 Å². The fraction of sp³-hybridized carbons (Fsp3) is 0.286. The number of methoxy groups -OCH3 is 1. The number of ketones is 1. The van der Waals surface area contributed by atoms with Gasteiger partial charge in [0.05, 0.1) is 20.3 Å². The number of H-pyrrole nitrogens is 1. The number of amides is 1. The molecule has 0 aliphatic carbocycles. The van der Waals surface area contributed by atoms with Crippen LogP contribution in [0.25, 0.3) is 10.8 Å². The van der Waals surface area contributed by atoms with E-state index >= 15 is 0 Å². The second-order valence-corrected chi connectivity index (χ2v) is 6.81.